The van der Waals surface area contributed by atoms with E-state index in [1.807, 2.05) is 0 Å². The van der Waals surface area contributed by atoms with Gasteiger partial charge in [0.15, 0.2) is 0 Å². The Bertz CT molecular complexity index is 337. The zero-order chi connectivity index (χ0) is 13.2. The smallest absolute Gasteiger partial charge is 0.242 e. The largest absolute Gasteiger partial charge is 0.359 e. The molecule has 102 valence electrons. The number of hydrogen-bond acceptors (Lipinski definition) is 3. The summed E-state index contributed by atoms with van der Waals surface area (Å²) in [7, 11) is 1.64. The van der Waals surface area contributed by atoms with Crippen molar-refractivity contribution >= 4 is 11.8 Å². The van der Waals surface area contributed by atoms with Gasteiger partial charge in [-0.1, -0.05) is 12.8 Å². The van der Waals surface area contributed by atoms with Gasteiger partial charge in [-0.15, -0.1) is 0 Å². The zero-order valence-corrected chi connectivity index (χ0v) is 11.1. The summed E-state index contributed by atoms with van der Waals surface area (Å²) in [5, 5.41) is 2.67. The van der Waals surface area contributed by atoms with Crippen LogP contribution in [0.25, 0.3) is 0 Å². The number of hydrogen-bond donors (Lipinski definition) is 2. The Hall–Kier alpha value is -1.10. The molecule has 2 fully saturated rings. The molecular weight excluding hydrogens is 230 g/mol. The first-order valence-corrected chi connectivity index (χ1v) is 6.87. The molecule has 18 heavy (non-hydrogen) atoms. The summed E-state index contributed by atoms with van der Waals surface area (Å²) < 4.78 is 0. The molecule has 0 bridgehead atoms. The normalized spacial score (nSPS) is 27.0. The third kappa shape index (κ3) is 2.51. The van der Waals surface area contributed by atoms with E-state index in [9.17, 15) is 9.59 Å². The molecular formula is C13H23N3O2. The summed E-state index contributed by atoms with van der Waals surface area (Å²) in [6.07, 6.45) is 5.39. The lowest BCUT2D eigenvalue weighted by Gasteiger charge is -2.36. The molecule has 2 amide bonds. The van der Waals surface area contributed by atoms with Gasteiger partial charge in [0, 0.05) is 20.1 Å². The lowest BCUT2D eigenvalue weighted by atomic mass is 9.92. The van der Waals surface area contributed by atoms with E-state index in [2.05, 4.69) is 5.32 Å². The van der Waals surface area contributed by atoms with Gasteiger partial charge < -0.3 is 16.0 Å². The van der Waals surface area contributed by atoms with Crippen LogP contribution < -0.4 is 11.1 Å². The molecule has 1 saturated heterocycles. The topological polar surface area (TPSA) is 75.4 Å². The number of nitrogens with two attached hydrogens (primary N) is 1. The van der Waals surface area contributed by atoms with Crippen molar-refractivity contribution in [3.8, 4) is 0 Å². The fourth-order valence-corrected chi connectivity index (χ4v) is 3.11. The Labute approximate surface area is 108 Å². The summed E-state index contributed by atoms with van der Waals surface area (Å²) in [5.74, 6) is 0.0105. The van der Waals surface area contributed by atoms with Crippen molar-refractivity contribution in [2.45, 2.75) is 44.1 Å². The predicted molar refractivity (Wildman–Crippen MR) is 68.8 cm³/mol. The van der Waals surface area contributed by atoms with E-state index in [0.29, 0.717) is 6.54 Å². The Morgan fingerprint density at radius 2 is 1.94 bits per heavy atom. The third-order valence-corrected chi connectivity index (χ3v) is 4.25. The van der Waals surface area contributed by atoms with Crippen LogP contribution in [0.15, 0.2) is 0 Å². The zero-order valence-electron chi connectivity index (χ0n) is 11.1. The number of rotatable bonds is 2. The van der Waals surface area contributed by atoms with E-state index >= 15 is 0 Å². The van der Waals surface area contributed by atoms with Crippen molar-refractivity contribution < 1.29 is 9.59 Å². The van der Waals surface area contributed by atoms with Crippen LogP contribution in [0.1, 0.15) is 38.5 Å². The number of likely N-dealkylation sites (tertiary alicyclic amines) is 1. The summed E-state index contributed by atoms with van der Waals surface area (Å²) in [5.41, 5.74) is 5.53. The first kappa shape index (κ1) is 13.3. The number of piperidine rings is 1. The predicted octanol–water partition coefficient (Wildman–Crippen LogP) is 0.243. The second-order valence-electron chi connectivity index (χ2n) is 5.57. The van der Waals surface area contributed by atoms with E-state index in [4.69, 9.17) is 5.73 Å². The quantitative estimate of drug-likeness (QED) is 0.740. The van der Waals surface area contributed by atoms with Crippen molar-refractivity contribution in [2.75, 3.05) is 20.1 Å². The average molecular weight is 253 g/mol. The maximum atomic E-state index is 12.4. The molecule has 0 spiro atoms. The number of nitrogens with one attached hydrogen (secondary N) is 1. The molecule has 1 saturated carbocycles. The lowest BCUT2D eigenvalue weighted by Crippen LogP contribution is -2.56. The first-order chi connectivity index (χ1) is 8.57. The van der Waals surface area contributed by atoms with Crippen LogP contribution in [0.4, 0.5) is 0 Å². The maximum Gasteiger partial charge on any atom is 0.242 e. The Morgan fingerprint density at radius 1 is 1.28 bits per heavy atom. The minimum absolute atomic E-state index is 0.0324. The van der Waals surface area contributed by atoms with Crippen molar-refractivity contribution in [2.24, 2.45) is 11.7 Å². The molecule has 2 aliphatic rings. The maximum absolute atomic E-state index is 12.4. The minimum Gasteiger partial charge on any atom is -0.359 e. The molecule has 3 N–H and O–H groups in total. The van der Waals surface area contributed by atoms with E-state index in [1.165, 1.54) is 0 Å². The SMILES string of the molecule is CNC(=O)C1CCCN(C(=O)C2(N)CCCC2)C1. The molecule has 1 aliphatic carbocycles. The molecule has 0 radical (unpaired) electrons. The van der Waals surface area contributed by atoms with Crippen LogP contribution in [-0.2, 0) is 9.59 Å². The number of amides is 2. The van der Waals surface area contributed by atoms with Gasteiger partial charge in [0.25, 0.3) is 0 Å². The number of carbonyl (C=O) groups excluding carboxylic acids is 2. The summed E-state index contributed by atoms with van der Waals surface area (Å²) in [6.45, 7) is 1.27. The molecule has 1 heterocycles. The highest BCUT2D eigenvalue weighted by Crippen LogP contribution is 2.30. The van der Waals surface area contributed by atoms with E-state index < -0.39 is 5.54 Å². The molecule has 0 aromatic rings. The third-order valence-electron chi connectivity index (χ3n) is 4.25. The molecule has 2 rings (SSSR count). The summed E-state index contributed by atoms with van der Waals surface area (Å²) in [6, 6.07) is 0. The second kappa shape index (κ2) is 5.26. The standard InChI is InChI=1S/C13H23N3O2/c1-15-11(17)10-5-4-8-16(9-10)12(18)13(14)6-2-3-7-13/h10H,2-9,14H2,1H3,(H,15,17). The van der Waals surface area contributed by atoms with Gasteiger partial charge in [-0.3, -0.25) is 9.59 Å². The average Bonchev–Trinajstić information content (AvgIpc) is 2.85. The van der Waals surface area contributed by atoms with Crippen molar-refractivity contribution in [3.05, 3.63) is 0 Å². The lowest BCUT2D eigenvalue weighted by molar-refractivity contribution is -0.140. The number of nitrogens with zero attached hydrogens (tertiary/aromatic N) is 1. The highest BCUT2D eigenvalue weighted by atomic mass is 16.2. The van der Waals surface area contributed by atoms with Gasteiger partial charge in [-0.2, -0.15) is 0 Å². The highest BCUT2D eigenvalue weighted by Gasteiger charge is 2.41. The molecule has 1 atom stereocenters. The van der Waals surface area contributed by atoms with Crippen LogP contribution in [0.3, 0.4) is 0 Å². The van der Waals surface area contributed by atoms with Crippen LogP contribution in [0.2, 0.25) is 0 Å². The second-order valence-corrected chi connectivity index (χ2v) is 5.57. The Kier molecular flexibility index (Phi) is 3.90. The van der Waals surface area contributed by atoms with Crippen molar-refractivity contribution in [1.29, 1.82) is 0 Å². The molecule has 0 aromatic heterocycles. The van der Waals surface area contributed by atoms with E-state index in [-0.39, 0.29) is 17.7 Å². The number of carbonyl (C=O) groups is 2. The Morgan fingerprint density at radius 3 is 2.56 bits per heavy atom. The highest BCUT2D eigenvalue weighted by molar-refractivity contribution is 5.87. The molecule has 0 aromatic carbocycles. The van der Waals surface area contributed by atoms with E-state index in [1.54, 1.807) is 11.9 Å². The Balaban J connectivity index is 2.00. The molecule has 1 aliphatic heterocycles. The van der Waals surface area contributed by atoms with E-state index in [0.717, 1.165) is 45.1 Å². The van der Waals surface area contributed by atoms with Crippen LogP contribution in [-0.4, -0.2) is 42.4 Å². The molecule has 5 heteroatoms. The van der Waals surface area contributed by atoms with Gasteiger partial charge in [0.1, 0.15) is 0 Å². The first-order valence-electron chi connectivity index (χ1n) is 6.87. The van der Waals surface area contributed by atoms with Crippen LogP contribution >= 0.6 is 0 Å². The van der Waals surface area contributed by atoms with Gasteiger partial charge in [-0.05, 0) is 25.7 Å². The van der Waals surface area contributed by atoms with Gasteiger partial charge in [0.05, 0.1) is 11.5 Å². The minimum atomic E-state index is -0.662. The molecule has 1 unspecified atom stereocenters. The van der Waals surface area contributed by atoms with Crippen LogP contribution in [0.5, 0.6) is 0 Å². The fraction of sp³-hybridized carbons (Fsp3) is 0.846. The van der Waals surface area contributed by atoms with Crippen LogP contribution in [0, 0.1) is 5.92 Å². The summed E-state index contributed by atoms with van der Waals surface area (Å²) >= 11 is 0. The van der Waals surface area contributed by atoms with Gasteiger partial charge in [-0.25, -0.2) is 0 Å². The van der Waals surface area contributed by atoms with Crippen molar-refractivity contribution in [1.82, 2.24) is 10.2 Å². The summed E-state index contributed by atoms with van der Waals surface area (Å²) in [4.78, 5) is 25.9. The fourth-order valence-electron chi connectivity index (χ4n) is 3.11. The van der Waals surface area contributed by atoms with Gasteiger partial charge in [0.2, 0.25) is 11.8 Å². The van der Waals surface area contributed by atoms with Crippen molar-refractivity contribution in [3.63, 3.8) is 0 Å². The monoisotopic (exact) mass is 253 g/mol. The van der Waals surface area contributed by atoms with Gasteiger partial charge >= 0.3 is 0 Å². The molecule has 5 nitrogen and oxygen atoms in total.